The van der Waals surface area contributed by atoms with Gasteiger partial charge in [-0.15, -0.1) is 22.4 Å². The van der Waals surface area contributed by atoms with Crippen LogP contribution in [-0.4, -0.2) is 0 Å². The van der Waals surface area contributed by atoms with E-state index in [1.807, 2.05) is 0 Å². The monoisotopic (exact) mass is 445 g/mol. The molecule has 0 nitrogen and oxygen atoms in total. The predicted octanol–water partition coefficient (Wildman–Crippen LogP) is 5.83. The van der Waals surface area contributed by atoms with Gasteiger partial charge in [0.1, 0.15) is 0 Å². The summed E-state index contributed by atoms with van der Waals surface area (Å²) >= 11 is 0. The van der Waals surface area contributed by atoms with Crippen LogP contribution in [0, 0.1) is 6.07 Å². The Morgan fingerprint density at radius 3 is 1.85 bits per heavy atom. The van der Waals surface area contributed by atoms with Crippen molar-refractivity contribution < 1.29 is 20.4 Å². The van der Waals surface area contributed by atoms with Crippen LogP contribution < -0.4 is 10.6 Å². The molecule has 0 aliphatic heterocycles. The van der Waals surface area contributed by atoms with Gasteiger partial charge in [-0.25, -0.2) is 0 Å². The average molecular weight is 446 g/mol. The molecule has 132 valence electrons. The molecule has 0 unspecified atom stereocenters. The molecule has 0 heterocycles. The Morgan fingerprint density at radius 1 is 0.692 bits per heavy atom. The van der Waals surface area contributed by atoms with Gasteiger partial charge in [-0.2, -0.15) is 18.2 Å². The zero-order valence-electron chi connectivity index (χ0n) is 14.6. The molecule has 0 aliphatic carbocycles. The second kappa shape index (κ2) is 8.75. The summed E-state index contributed by atoms with van der Waals surface area (Å²) in [5.74, 6) is 0. The summed E-state index contributed by atoms with van der Waals surface area (Å²) in [5.41, 5.74) is 1.71. The molecule has 4 aromatic carbocycles. The van der Waals surface area contributed by atoms with Gasteiger partial charge in [-0.05, 0) is 24.2 Å². The summed E-state index contributed by atoms with van der Waals surface area (Å²) < 4.78 is 0. The van der Waals surface area contributed by atoms with Gasteiger partial charge in [0.05, 0.1) is 0 Å². The van der Waals surface area contributed by atoms with Crippen molar-refractivity contribution in [2.24, 2.45) is 0 Å². The summed E-state index contributed by atoms with van der Waals surface area (Å²) in [5, 5.41) is 5.44. The topological polar surface area (TPSA) is 0 Å². The molecule has 0 fully saturated rings. The molecule has 4 aromatic rings. The molecule has 0 N–H and O–H groups in total. The predicted molar refractivity (Wildman–Crippen MR) is 110 cm³/mol. The molecular weight excluding hydrogens is 426 g/mol. The van der Waals surface area contributed by atoms with Crippen LogP contribution in [0.15, 0.2) is 97.1 Å². The molecule has 2 heteroatoms. The SMILES string of the molecule is C[C@H](c1[c-]ccc2ccccc12)P(c1ccccc1)c1ccccc1.[Pd]. The van der Waals surface area contributed by atoms with Crippen molar-refractivity contribution >= 4 is 29.3 Å². The van der Waals surface area contributed by atoms with Gasteiger partial charge in [-0.3, -0.25) is 0 Å². The van der Waals surface area contributed by atoms with E-state index in [0.717, 1.165) is 0 Å². The maximum Gasteiger partial charge on any atom is 0 e. The first kappa shape index (κ1) is 19.0. The fourth-order valence-corrected chi connectivity index (χ4v) is 6.09. The summed E-state index contributed by atoms with van der Waals surface area (Å²) in [6.07, 6.45) is 0. The van der Waals surface area contributed by atoms with Crippen molar-refractivity contribution in [1.82, 2.24) is 0 Å². The first-order valence-corrected chi connectivity index (χ1v) is 10.0. The van der Waals surface area contributed by atoms with Gasteiger partial charge in [0.25, 0.3) is 0 Å². The minimum Gasteiger partial charge on any atom is -0.179 e. The fourth-order valence-electron chi connectivity index (χ4n) is 3.43. The van der Waals surface area contributed by atoms with Crippen LogP contribution in [0.2, 0.25) is 0 Å². The smallest absolute Gasteiger partial charge is 0 e. The molecular formula is C24H20PPd-. The van der Waals surface area contributed by atoms with Gasteiger partial charge in [-0.1, -0.05) is 85.8 Å². The standard InChI is InChI=1S/C24H20P.Pd/c1-19(23-18-10-12-20-11-8-9-17-24(20)23)25(21-13-4-2-5-14-21)22-15-6-3-7-16-22;/h2-17,19H,1H3;/q-1;/t19-;/m1./s1. The number of benzene rings is 4. The molecule has 0 aromatic heterocycles. The molecule has 0 saturated carbocycles. The van der Waals surface area contributed by atoms with Gasteiger partial charge in [0.2, 0.25) is 0 Å². The van der Waals surface area contributed by atoms with Crippen molar-refractivity contribution in [2.75, 3.05) is 0 Å². The van der Waals surface area contributed by atoms with E-state index in [4.69, 9.17) is 0 Å². The molecule has 0 spiro atoms. The van der Waals surface area contributed by atoms with E-state index in [0.29, 0.717) is 5.66 Å². The Hall–Kier alpha value is -1.77. The third-order valence-electron chi connectivity index (χ3n) is 4.63. The number of fused-ring (bicyclic) bond motifs is 1. The fraction of sp³-hybridized carbons (Fsp3) is 0.0833. The Balaban J connectivity index is 0.00000196. The molecule has 0 radical (unpaired) electrons. The van der Waals surface area contributed by atoms with Crippen LogP contribution >= 0.6 is 7.92 Å². The van der Waals surface area contributed by atoms with Crippen molar-refractivity contribution in [2.45, 2.75) is 12.6 Å². The molecule has 4 rings (SSSR count). The van der Waals surface area contributed by atoms with Crippen LogP contribution in [-0.2, 0) is 20.4 Å². The zero-order chi connectivity index (χ0) is 17.1. The molecule has 1 atom stereocenters. The van der Waals surface area contributed by atoms with Crippen LogP contribution in [0.25, 0.3) is 10.8 Å². The van der Waals surface area contributed by atoms with Gasteiger partial charge in [0, 0.05) is 20.4 Å². The van der Waals surface area contributed by atoms with E-state index in [1.54, 1.807) is 0 Å². The Kier molecular flexibility index (Phi) is 6.39. The Labute approximate surface area is 170 Å². The van der Waals surface area contributed by atoms with Gasteiger partial charge < -0.3 is 0 Å². The number of hydrogen-bond acceptors (Lipinski definition) is 0. The van der Waals surface area contributed by atoms with Crippen LogP contribution in [0.1, 0.15) is 18.1 Å². The molecule has 0 saturated heterocycles. The molecule has 0 aliphatic rings. The normalized spacial score (nSPS) is 11.9. The second-order valence-electron chi connectivity index (χ2n) is 6.20. The van der Waals surface area contributed by atoms with E-state index in [2.05, 4.69) is 110 Å². The molecule has 0 bridgehead atoms. The molecule has 26 heavy (non-hydrogen) atoms. The maximum atomic E-state index is 3.55. The van der Waals surface area contributed by atoms with E-state index in [9.17, 15) is 0 Å². The summed E-state index contributed by atoms with van der Waals surface area (Å²) in [6, 6.07) is 38.2. The van der Waals surface area contributed by atoms with Crippen molar-refractivity contribution in [3.8, 4) is 0 Å². The quantitative estimate of drug-likeness (QED) is 0.210. The summed E-state index contributed by atoms with van der Waals surface area (Å²) in [6.45, 7) is 2.35. The van der Waals surface area contributed by atoms with Crippen molar-refractivity contribution in [1.29, 1.82) is 0 Å². The minimum absolute atomic E-state index is 0. The first-order chi connectivity index (χ1) is 12.3. The minimum atomic E-state index is -0.493. The summed E-state index contributed by atoms with van der Waals surface area (Å²) in [7, 11) is -0.493. The van der Waals surface area contributed by atoms with Gasteiger partial charge >= 0.3 is 0 Å². The third kappa shape index (κ3) is 3.82. The Morgan fingerprint density at radius 2 is 1.23 bits per heavy atom. The molecule has 0 amide bonds. The summed E-state index contributed by atoms with van der Waals surface area (Å²) in [4.78, 5) is 0. The zero-order valence-corrected chi connectivity index (χ0v) is 17.0. The number of rotatable bonds is 4. The van der Waals surface area contributed by atoms with Crippen LogP contribution in [0.5, 0.6) is 0 Å². The van der Waals surface area contributed by atoms with Crippen molar-refractivity contribution in [3.63, 3.8) is 0 Å². The first-order valence-electron chi connectivity index (χ1n) is 8.63. The third-order valence-corrected chi connectivity index (χ3v) is 7.37. The number of hydrogen-bond donors (Lipinski definition) is 0. The van der Waals surface area contributed by atoms with Crippen molar-refractivity contribution in [3.05, 3.63) is 109 Å². The van der Waals surface area contributed by atoms with E-state index in [1.165, 1.54) is 26.9 Å². The van der Waals surface area contributed by atoms with E-state index >= 15 is 0 Å². The maximum absolute atomic E-state index is 3.55. The van der Waals surface area contributed by atoms with E-state index < -0.39 is 7.92 Å². The average Bonchev–Trinajstić information content (AvgIpc) is 2.69. The van der Waals surface area contributed by atoms with Crippen LogP contribution in [0.3, 0.4) is 0 Å². The second-order valence-corrected chi connectivity index (χ2v) is 8.74. The van der Waals surface area contributed by atoms with Gasteiger partial charge in [0.15, 0.2) is 0 Å². The van der Waals surface area contributed by atoms with Crippen LogP contribution in [0.4, 0.5) is 0 Å². The largest absolute Gasteiger partial charge is 0.179 e. The Bertz CT molecular complexity index is 922. The van der Waals surface area contributed by atoms with E-state index in [-0.39, 0.29) is 20.4 Å².